The SMILES string of the molecule is COc1cccc(C(=O)Oc2ccc(N3C(=O)[C@H]4[C@@H]5C=C[C@@H]([C@H]6C[C@H]56)[C@@H]4C3=O)cc2)c1. The fourth-order valence-corrected chi connectivity index (χ4v) is 5.79. The van der Waals surface area contributed by atoms with E-state index in [1.54, 1.807) is 48.5 Å². The number of carbonyl (C=O) groups is 3. The van der Waals surface area contributed by atoms with Gasteiger partial charge in [0.05, 0.1) is 30.2 Å². The lowest BCUT2D eigenvalue weighted by molar-refractivity contribution is -0.124. The zero-order valence-corrected chi connectivity index (χ0v) is 16.9. The van der Waals surface area contributed by atoms with E-state index in [2.05, 4.69) is 12.2 Å². The molecule has 0 unspecified atom stereocenters. The maximum atomic E-state index is 13.2. The Morgan fingerprint density at radius 3 is 2.16 bits per heavy atom. The predicted octanol–water partition coefficient (Wildman–Crippen LogP) is 3.47. The number of ether oxygens (including phenoxy) is 2. The average molecular weight is 415 g/mol. The maximum Gasteiger partial charge on any atom is 0.343 e. The van der Waals surface area contributed by atoms with Crippen LogP contribution in [0.15, 0.2) is 60.7 Å². The van der Waals surface area contributed by atoms with Gasteiger partial charge < -0.3 is 9.47 Å². The van der Waals surface area contributed by atoms with Crippen LogP contribution in [0.2, 0.25) is 0 Å². The summed E-state index contributed by atoms with van der Waals surface area (Å²) in [5, 5.41) is 0. The number of anilines is 1. The molecule has 6 atom stereocenters. The Labute approximate surface area is 179 Å². The van der Waals surface area contributed by atoms with E-state index in [9.17, 15) is 14.4 Å². The van der Waals surface area contributed by atoms with Gasteiger partial charge in [-0.1, -0.05) is 18.2 Å². The minimum Gasteiger partial charge on any atom is -0.497 e. The van der Waals surface area contributed by atoms with Crippen molar-refractivity contribution in [2.24, 2.45) is 35.5 Å². The zero-order valence-electron chi connectivity index (χ0n) is 16.9. The first kappa shape index (κ1) is 18.4. The molecule has 5 aliphatic rings. The molecule has 0 spiro atoms. The molecule has 7 rings (SSSR count). The van der Waals surface area contributed by atoms with Gasteiger partial charge in [0.25, 0.3) is 0 Å². The van der Waals surface area contributed by atoms with Gasteiger partial charge in [-0.2, -0.15) is 0 Å². The van der Waals surface area contributed by atoms with Crippen molar-refractivity contribution in [3.8, 4) is 11.5 Å². The Bertz CT molecular complexity index is 1100. The quantitative estimate of drug-likeness (QED) is 0.331. The summed E-state index contributed by atoms with van der Waals surface area (Å²) >= 11 is 0. The van der Waals surface area contributed by atoms with Gasteiger partial charge in [0.2, 0.25) is 11.8 Å². The Morgan fingerprint density at radius 1 is 0.903 bits per heavy atom. The highest BCUT2D eigenvalue weighted by Gasteiger charge is 2.67. The molecule has 0 N–H and O–H groups in total. The van der Waals surface area contributed by atoms with Crippen molar-refractivity contribution in [1.29, 1.82) is 0 Å². The largest absolute Gasteiger partial charge is 0.497 e. The van der Waals surface area contributed by atoms with E-state index >= 15 is 0 Å². The van der Waals surface area contributed by atoms with E-state index < -0.39 is 5.97 Å². The van der Waals surface area contributed by atoms with Gasteiger partial charge in [-0.3, -0.25) is 14.5 Å². The van der Waals surface area contributed by atoms with Crippen LogP contribution in [-0.2, 0) is 9.59 Å². The lowest BCUT2D eigenvalue weighted by atomic mass is 9.63. The molecule has 3 fully saturated rings. The molecule has 6 nitrogen and oxygen atoms in total. The second kappa shape index (κ2) is 6.54. The van der Waals surface area contributed by atoms with E-state index in [-0.39, 0.29) is 35.5 Å². The predicted molar refractivity (Wildman–Crippen MR) is 112 cm³/mol. The number of hydrogen-bond donors (Lipinski definition) is 0. The molecule has 1 aliphatic heterocycles. The normalized spacial score (nSPS) is 32.0. The third kappa shape index (κ3) is 2.67. The van der Waals surface area contributed by atoms with E-state index in [4.69, 9.17) is 9.47 Å². The van der Waals surface area contributed by atoms with Crippen LogP contribution in [0, 0.1) is 35.5 Å². The van der Waals surface area contributed by atoms with Gasteiger partial charge in [-0.05, 0) is 72.6 Å². The van der Waals surface area contributed by atoms with Gasteiger partial charge in [0.1, 0.15) is 11.5 Å². The van der Waals surface area contributed by atoms with Gasteiger partial charge >= 0.3 is 5.97 Å². The van der Waals surface area contributed by atoms with Crippen molar-refractivity contribution < 1.29 is 23.9 Å². The molecule has 31 heavy (non-hydrogen) atoms. The van der Waals surface area contributed by atoms with Crippen molar-refractivity contribution in [3.05, 3.63) is 66.2 Å². The minimum atomic E-state index is -0.507. The average Bonchev–Trinajstić information content (AvgIpc) is 3.58. The summed E-state index contributed by atoms with van der Waals surface area (Å²) in [5.74, 6) is 1.31. The highest BCUT2D eigenvalue weighted by atomic mass is 16.5. The van der Waals surface area contributed by atoms with Crippen LogP contribution in [0.3, 0.4) is 0 Å². The number of hydrogen-bond acceptors (Lipinski definition) is 5. The molecular weight excluding hydrogens is 394 g/mol. The first-order chi connectivity index (χ1) is 15.1. The Hall–Kier alpha value is -3.41. The first-order valence-electron chi connectivity index (χ1n) is 10.6. The molecule has 0 aromatic heterocycles. The molecule has 2 amide bonds. The van der Waals surface area contributed by atoms with Gasteiger partial charge in [0.15, 0.2) is 0 Å². The molecule has 1 saturated heterocycles. The first-order valence-corrected chi connectivity index (χ1v) is 10.6. The zero-order chi connectivity index (χ0) is 21.3. The number of carbonyl (C=O) groups excluding carboxylic acids is 3. The number of amides is 2. The summed E-state index contributed by atoms with van der Waals surface area (Å²) in [7, 11) is 1.53. The molecule has 0 radical (unpaired) electrons. The van der Waals surface area contributed by atoms with Crippen LogP contribution in [-0.4, -0.2) is 24.9 Å². The summed E-state index contributed by atoms with van der Waals surface area (Å²) in [6, 6.07) is 13.3. The van der Waals surface area contributed by atoms with Crippen LogP contribution in [0.25, 0.3) is 0 Å². The molecule has 2 aromatic rings. The standard InChI is InChI=1S/C25H21NO5/c1-30-16-4-2-3-13(11-16)25(29)31-15-7-5-14(6-8-15)26-23(27)21-17-9-10-18(20-12-19(17)20)22(21)24(26)28/h2-11,17-22H,12H2,1H3/t17-,18+,19-,20-,21+,22+/m1/s1. The second-order valence-corrected chi connectivity index (χ2v) is 8.78. The monoisotopic (exact) mass is 415 g/mol. The van der Waals surface area contributed by atoms with Crippen molar-refractivity contribution in [1.82, 2.24) is 0 Å². The summed E-state index contributed by atoms with van der Waals surface area (Å²) in [5.41, 5.74) is 0.901. The maximum absolute atomic E-state index is 13.2. The third-order valence-corrected chi connectivity index (χ3v) is 7.27. The van der Waals surface area contributed by atoms with Crippen molar-refractivity contribution in [2.45, 2.75) is 6.42 Å². The highest BCUT2D eigenvalue weighted by Crippen LogP contribution is 2.65. The van der Waals surface area contributed by atoms with Crippen molar-refractivity contribution >= 4 is 23.5 Å². The fourth-order valence-electron chi connectivity index (χ4n) is 5.79. The lowest BCUT2D eigenvalue weighted by Gasteiger charge is -2.37. The molecule has 2 bridgehead atoms. The number of esters is 1. The highest BCUT2D eigenvalue weighted by molar-refractivity contribution is 6.22. The number of rotatable bonds is 4. The summed E-state index contributed by atoms with van der Waals surface area (Å²) < 4.78 is 10.6. The molecule has 1 heterocycles. The number of methoxy groups -OCH3 is 1. The smallest absolute Gasteiger partial charge is 0.343 e. The number of allylic oxidation sites excluding steroid dienone is 2. The fraction of sp³-hybridized carbons (Fsp3) is 0.320. The van der Waals surface area contributed by atoms with E-state index in [1.165, 1.54) is 12.0 Å². The van der Waals surface area contributed by atoms with Crippen molar-refractivity contribution in [2.75, 3.05) is 12.0 Å². The molecule has 6 heteroatoms. The van der Waals surface area contributed by atoms with Gasteiger partial charge in [0, 0.05) is 0 Å². The summed E-state index contributed by atoms with van der Waals surface area (Å²) in [6.45, 7) is 0. The lowest BCUT2D eigenvalue weighted by Crippen LogP contribution is -2.40. The molecule has 156 valence electrons. The number of imide groups is 1. The minimum absolute atomic E-state index is 0.0965. The topological polar surface area (TPSA) is 72.9 Å². The second-order valence-electron chi connectivity index (χ2n) is 8.78. The van der Waals surface area contributed by atoms with Gasteiger partial charge in [-0.25, -0.2) is 4.79 Å². The summed E-state index contributed by atoms with van der Waals surface area (Å²) in [6.07, 6.45) is 5.47. The molecule has 2 saturated carbocycles. The molecule has 4 aliphatic carbocycles. The summed E-state index contributed by atoms with van der Waals surface area (Å²) in [4.78, 5) is 40.1. The van der Waals surface area contributed by atoms with E-state index in [0.29, 0.717) is 34.6 Å². The molecule has 2 aromatic carbocycles. The van der Waals surface area contributed by atoms with Crippen LogP contribution >= 0.6 is 0 Å². The van der Waals surface area contributed by atoms with Crippen LogP contribution in [0.5, 0.6) is 11.5 Å². The van der Waals surface area contributed by atoms with Crippen LogP contribution in [0.1, 0.15) is 16.8 Å². The van der Waals surface area contributed by atoms with Crippen LogP contribution < -0.4 is 14.4 Å². The Morgan fingerprint density at radius 2 is 1.55 bits per heavy atom. The van der Waals surface area contributed by atoms with E-state index in [1.807, 2.05) is 0 Å². The third-order valence-electron chi connectivity index (χ3n) is 7.27. The van der Waals surface area contributed by atoms with Gasteiger partial charge in [-0.15, -0.1) is 0 Å². The Balaban J connectivity index is 1.21. The van der Waals surface area contributed by atoms with Crippen LogP contribution in [0.4, 0.5) is 5.69 Å². The Kier molecular flexibility index (Phi) is 3.88. The number of nitrogens with zero attached hydrogens (tertiary/aromatic N) is 1. The van der Waals surface area contributed by atoms with E-state index in [0.717, 1.165) is 6.42 Å². The number of benzene rings is 2. The molecular formula is C25H21NO5. The van der Waals surface area contributed by atoms with Crippen molar-refractivity contribution in [3.63, 3.8) is 0 Å².